The lowest BCUT2D eigenvalue weighted by molar-refractivity contribution is -0.661. The van der Waals surface area contributed by atoms with Gasteiger partial charge in [0.05, 0.1) is 0 Å². The Morgan fingerprint density at radius 2 is 0.567 bits per heavy atom. The molecule has 0 atom stereocenters. The predicted octanol–water partition coefficient (Wildman–Crippen LogP) is 21.5. The minimum absolute atomic E-state index is 0.321. The van der Waals surface area contributed by atoms with E-state index in [-0.39, 0.29) is 0 Å². The largest absolute Gasteiger partial charge is 0.212 e. The van der Waals surface area contributed by atoms with E-state index in [4.69, 9.17) is 0 Å². The summed E-state index contributed by atoms with van der Waals surface area (Å²) < 4.78 is 11.3. The van der Waals surface area contributed by atoms with Gasteiger partial charge >= 0.3 is 0 Å². The lowest BCUT2D eigenvalue weighted by atomic mass is 9.87. The van der Waals surface area contributed by atoms with Crippen LogP contribution in [-0.4, -0.2) is 0 Å². The molecule has 0 saturated heterocycles. The standard InChI is InChI=1S/2C19H26N.3C18H24N/c1-14-9-7-8-10-17(14)18-11-15(2)16(13-20(18)6)12-19(3,4)5;1-13(2)17-11-19(16-10-8-7-9-15(16)5)20(6)12-18(17)14(3)4;1-13(2)10-16-12-19(5)18(11-15(16)4)17-9-7-6-8-14(17)3;1-6-15-12-19(5)18(11-17(15)13(2)3)16-10-8-7-9-14(16)4;1-6-15-11-18(16-10-8-7-9-14(16)4)19(5)12-17(15)13(2)3/h7-11,13H,12H2,1-6H3;7-14H,1-6H3;6-9,11-13H,10H2,1-5H3;2*7-13H,6H2,1-5H3/q5*+1. The third-order valence-electron chi connectivity index (χ3n) is 19.0. The van der Waals surface area contributed by atoms with Crippen LogP contribution in [0.4, 0.5) is 0 Å². The number of aryl methyl sites for hydroxylation is 14. The van der Waals surface area contributed by atoms with Crippen LogP contribution in [0.1, 0.15) is 211 Å². The molecule has 0 aliphatic rings. The Labute approximate surface area is 590 Å². The summed E-state index contributed by atoms with van der Waals surface area (Å²) in [5, 5.41) is 0. The van der Waals surface area contributed by atoms with Gasteiger partial charge in [0.1, 0.15) is 35.2 Å². The molecular weight excluding hydrogens is 1180 g/mol. The smallest absolute Gasteiger partial charge is 0.201 e. The van der Waals surface area contributed by atoms with Crippen LogP contribution in [0.15, 0.2) is 183 Å². The molecule has 0 fully saturated rings. The normalized spacial score (nSPS) is 11.3. The molecule has 5 heterocycles. The van der Waals surface area contributed by atoms with Crippen LogP contribution in [0.5, 0.6) is 0 Å². The Balaban J connectivity index is 0.000000192. The Hall–Kier alpha value is -8.15. The maximum Gasteiger partial charge on any atom is 0.212 e. The lowest BCUT2D eigenvalue weighted by Crippen LogP contribution is -2.32. The van der Waals surface area contributed by atoms with Crippen molar-refractivity contribution in [2.45, 2.75) is 202 Å². The molecule has 0 spiro atoms. The molecule has 5 nitrogen and oxygen atoms in total. The highest BCUT2D eigenvalue weighted by Gasteiger charge is 2.24. The Morgan fingerprint density at radius 3 is 0.887 bits per heavy atom. The molecule has 0 aliphatic carbocycles. The molecule has 0 aliphatic heterocycles. The second-order valence-corrected chi connectivity index (χ2v) is 30.4. The first-order chi connectivity index (χ1) is 45.8. The molecule has 97 heavy (non-hydrogen) atoms. The van der Waals surface area contributed by atoms with Gasteiger partial charge in [-0.2, -0.15) is 0 Å². The monoisotopic (exact) mass is 1300 g/mol. The van der Waals surface area contributed by atoms with Crippen LogP contribution < -0.4 is 22.8 Å². The number of rotatable bonds is 14. The van der Waals surface area contributed by atoms with E-state index >= 15 is 0 Å². The highest BCUT2D eigenvalue weighted by molar-refractivity contribution is 5.65. The van der Waals surface area contributed by atoms with E-state index in [9.17, 15) is 0 Å². The van der Waals surface area contributed by atoms with Crippen LogP contribution in [0.25, 0.3) is 56.3 Å². The Bertz CT molecular complexity index is 4240. The quantitative estimate of drug-likeness (QED) is 0.0967. The third kappa shape index (κ3) is 20.9. The van der Waals surface area contributed by atoms with Gasteiger partial charge in [-0.3, -0.25) is 0 Å². The fraction of sp³-hybridized carbons (Fsp3) is 0.402. The van der Waals surface area contributed by atoms with Crippen molar-refractivity contribution in [1.29, 1.82) is 0 Å². The van der Waals surface area contributed by atoms with Gasteiger partial charge in [-0.1, -0.05) is 195 Å². The third-order valence-corrected chi connectivity index (χ3v) is 19.0. The topological polar surface area (TPSA) is 19.4 Å². The summed E-state index contributed by atoms with van der Waals surface area (Å²) in [6, 6.07) is 54.7. The average Bonchev–Trinajstić information content (AvgIpc) is 0.832. The van der Waals surface area contributed by atoms with Crippen LogP contribution in [0.2, 0.25) is 0 Å². The number of benzene rings is 5. The molecule has 5 aromatic carbocycles. The molecule has 0 saturated carbocycles. The van der Waals surface area contributed by atoms with Crippen LogP contribution >= 0.6 is 0 Å². The summed E-state index contributed by atoms with van der Waals surface area (Å²) >= 11 is 0. The highest BCUT2D eigenvalue weighted by Crippen LogP contribution is 2.32. The fourth-order valence-electron chi connectivity index (χ4n) is 13.4. The predicted molar refractivity (Wildman–Crippen MR) is 415 cm³/mol. The molecule has 0 bridgehead atoms. The zero-order valence-electron chi connectivity index (χ0n) is 65.3. The van der Waals surface area contributed by atoms with Crippen LogP contribution in [0, 0.1) is 59.8 Å². The maximum atomic E-state index is 2.38. The Kier molecular flexibility index (Phi) is 28.4. The molecule has 0 unspecified atom stereocenters. The maximum absolute atomic E-state index is 2.38. The average molecular weight is 1300 g/mol. The van der Waals surface area contributed by atoms with Crippen LogP contribution in [0.3, 0.4) is 0 Å². The first kappa shape index (κ1) is 77.9. The van der Waals surface area contributed by atoms with Crippen molar-refractivity contribution in [3.05, 3.63) is 266 Å². The van der Waals surface area contributed by atoms with Gasteiger partial charge in [-0.05, 0) is 195 Å². The SMILES string of the molecule is CCc1c[n+](C)c(-c2ccccc2C)cc1C(C)C.CCc1cc(-c2ccccc2C)[n+](C)cc1C(C)C.Cc1cc(-c2ccccc2C)[n+](C)cc1CC(C)(C)C.Cc1cc(-c2ccccc2C)[n+](C)cc1CC(C)C.Cc1ccccc1-c1cc(C(C)C)c(C(C)C)c[n+]1C. The summed E-state index contributed by atoms with van der Waals surface area (Å²) in [5.41, 5.74) is 34.5. The number of hydrogen-bond donors (Lipinski definition) is 0. The van der Waals surface area contributed by atoms with Crippen molar-refractivity contribution >= 4 is 0 Å². The molecule has 512 valence electrons. The molecule has 0 amide bonds. The van der Waals surface area contributed by atoms with Crippen molar-refractivity contribution in [2.24, 2.45) is 46.6 Å². The summed E-state index contributed by atoms with van der Waals surface area (Å²) in [7, 11) is 10.7. The number of aromatic nitrogens is 5. The summed E-state index contributed by atoms with van der Waals surface area (Å²) in [6.07, 6.45) is 15.9. The van der Waals surface area contributed by atoms with E-state index in [1.54, 1.807) is 0 Å². The van der Waals surface area contributed by atoms with E-state index in [2.05, 4.69) is 393 Å². The molecule has 10 rings (SSSR count). The molecule has 5 aromatic heterocycles. The zero-order chi connectivity index (χ0) is 71.7. The lowest BCUT2D eigenvalue weighted by Gasteiger charge is -2.19. The van der Waals surface area contributed by atoms with Crippen molar-refractivity contribution < 1.29 is 22.8 Å². The van der Waals surface area contributed by atoms with E-state index in [1.807, 2.05) is 0 Å². The van der Waals surface area contributed by atoms with Crippen molar-refractivity contribution in [3.63, 3.8) is 0 Å². The summed E-state index contributed by atoms with van der Waals surface area (Å²) in [6.45, 7) is 49.4. The fourth-order valence-corrected chi connectivity index (χ4v) is 13.4. The van der Waals surface area contributed by atoms with E-state index in [0.717, 1.165) is 25.7 Å². The van der Waals surface area contributed by atoms with E-state index < -0.39 is 0 Å². The molecule has 5 heteroatoms. The number of hydrogen-bond acceptors (Lipinski definition) is 0. The van der Waals surface area contributed by atoms with E-state index in [1.165, 1.54) is 140 Å². The van der Waals surface area contributed by atoms with Gasteiger partial charge in [0.25, 0.3) is 0 Å². The van der Waals surface area contributed by atoms with Gasteiger partial charge in [-0.15, -0.1) is 0 Å². The van der Waals surface area contributed by atoms with E-state index in [0.29, 0.717) is 35.0 Å². The second kappa shape index (κ2) is 35.4. The van der Waals surface area contributed by atoms with Crippen LogP contribution in [-0.2, 0) is 60.9 Å². The second-order valence-electron chi connectivity index (χ2n) is 30.4. The van der Waals surface area contributed by atoms with Gasteiger partial charge in [0.2, 0.25) is 28.5 Å². The zero-order valence-corrected chi connectivity index (χ0v) is 65.3. The number of pyridine rings is 5. The van der Waals surface area contributed by atoms with Gasteiger partial charge in [-0.25, -0.2) is 22.8 Å². The molecular formula is C92H124N5+5. The Morgan fingerprint density at radius 1 is 0.289 bits per heavy atom. The molecule has 10 aromatic rings. The highest BCUT2D eigenvalue weighted by atomic mass is 14.9. The summed E-state index contributed by atoms with van der Waals surface area (Å²) in [5.74, 6) is 2.95. The van der Waals surface area contributed by atoms with Gasteiger partial charge in [0, 0.05) is 86.0 Å². The first-order valence-corrected chi connectivity index (χ1v) is 36.1. The van der Waals surface area contributed by atoms with Gasteiger partial charge in [0.15, 0.2) is 31.0 Å². The summed E-state index contributed by atoms with van der Waals surface area (Å²) in [4.78, 5) is 0. The van der Waals surface area contributed by atoms with Gasteiger partial charge < -0.3 is 0 Å². The van der Waals surface area contributed by atoms with Crippen molar-refractivity contribution in [1.82, 2.24) is 0 Å². The minimum Gasteiger partial charge on any atom is -0.201 e. The number of nitrogens with zero attached hydrogens (tertiary/aromatic N) is 5. The van der Waals surface area contributed by atoms with Crippen molar-refractivity contribution in [3.8, 4) is 56.3 Å². The minimum atomic E-state index is 0.321. The molecule has 0 radical (unpaired) electrons. The first-order valence-electron chi connectivity index (χ1n) is 36.1. The van der Waals surface area contributed by atoms with Crippen molar-refractivity contribution in [2.75, 3.05) is 0 Å². The molecule has 0 N–H and O–H groups in total.